The van der Waals surface area contributed by atoms with E-state index in [-0.39, 0.29) is 0 Å². The molecule has 0 saturated heterocycles. The predicted molar refractivity (Wildman–Crippen MR) is 61.2 cm³/mol. The SMILES string of the molecule is Nc1cccc(S(=O)CC(=O)NCC(F)(F)F)c1. The van der Waals surface area contributed by atoms with E-state index in [0.29, 0.717) is 10.6 Å². The number of rotatable bonds is 4. The Morgan fingerprint density at radius 2 is 2.06 bits per heavy atom. The van der Waals surface area contributed by atoms with Gasteiger partial charge in [0.2, 0.25) is 5.91 Å². The largest absolute Gasteiger partial charge is 0.405 e. The molecule has 0 bridgehead atoms. The first kappa shape index (κ1) is 14.5. The van der Waals surface area contributed by atoms with Crippen molar-refractivity contribution in [1.82, 2.24) is 5.32 Å². The zero-order valence-corrected chi connectivity index (χ0v) is 9.98. The summed E-state index contributed by atoms with van der Waals surface area (Å²) in [5.41, 5.74) is 5.83. The Morgan fingerprint density at radius 1 is 1.39 bits per heavy atom. The van der Waals surface area contributed by atoms with Crippen molar-refractivity contribution >= 4 is 22.4 Å². The molecule has 1 amide bonds. The van der Waals surface area contributed by atoms with Crippen LogP contribution in [0.2, 0.25) is 0 Å². The summed E-state index contributed by atoms with van der Waals surface area (Å²) in [5.74, 6) is -1.45. The fourth-order valence-electron chi connectivity index (χ4n) is 1.11. The van der Waals surface area contributed by atoms with Crippen molar-refractivity contribution in [1.29, 1.82) is 0 Å². The third-order valence-electron chi connectivity index (χ3n) is 1.87. The maximum absolute atomic E-state index is 11.8. The summed E-state index contributed by atoms with van der Waals surface area (Å²) in [6.07, 6.45) is -4.48. The number of alkyl halides is 3. The van der Waals surface area contributed by atoms with Crippen LogP contribution in [0.25, 0.3) is 0 Å². The molecule has 0 aromatic heterocycles. The first-order valence-corrected chi connectivity index (χ1v) is 6.17. The number of carbonyl (C=O) groups is 1. The van der Waals surface area contributed by atoms with Gasteiger partial charge in [-0.3, -0.25) is 9.00 Å². The smallest absolute Gasteiger partial charge is 0.399 e. The van der Waals surface area contributed by atoms with Crippen molar-refractivity contribution in [2.24, 2.45) is 0 Å². The Labute approximate surface area is 104 Å². The van der Waals surface area contributed by atoms with Crippen LogP contribution in [-0.4, -0.2) is 28.6 Å². The summed E-state index contributed by atoms with van der Waals surface area (Å²) < 4.78 is 47.1. The van der Waals surface area contributed by atoms with Crippen LogP contribution >= 0.6 is 0 Å². The Morgan fingerprint density at radius 3 is 2.61 bits per heavy atom. The Bertz CT molecular complexity index is 463. The molecular weight excluding hydrogens is 269 g/mol. The second-order valence-corrected chi connectivity index (χ2v) is 4.91. The molecule has 18 heavy (non-hydrogen) atoms. The highest BCUT2D eigenvalue weighted by Crippen LogP contribution is 2.13. The fourth-order valence-corrected chi connectivity index (χ4v) is 2.11. The van der Waals surface area contributed by atoms with E-state index in [1.165, 1.54) is 12.1 Å². The van der Waals surface area contributed by atoms with Crippen molar-refractivity contribution in [2.45, 2.75) is 11.1 Å². The van der Waals surface area contributed by atoms with Crippen molar-refractivity contribution in [3.8, 4) is 0 Å². The van der Waals surface area contributed by atoms with Gasteiger partial charge in [0.05, 0.1) is 10.8 Å². The number of hydrogen-bond acceptors (Lipinski definition) is 3. The van der Waals surface area contributed by atoms with Crippen LogP contribution < -0.4 is 11.1 Å². The van der Waals surface area contributed by atoms with Gasteiger partial charge < -0.3 is 11.1 Å². The van der Waals surface area contributed by atoms with E-state index in [1.54, 1.807) is 17.4 Å². The van der Waals surface area contributed by atoms with Gasteiger partial charge in [-0.15, -0.1) is 0 Å². The van der Waals surface area contributed by atoms with Crippen LogP contribution in [0.15, 0.2) is 29.2 Å². The molecule has 0 aliphatic rings. The Kier molecular flexibility index (Phi) is 4.71. The number of halogens is 3. The van der Waals surface area contributed by atoms with E-state index >= 15 is 0 Å². The minimum Gasteiger partial charge on any atom is -0.399 e. The van der Waals surface area contributed by atoms with Crippen molar-refractivity contribution < 1.29 is 22.2 Å². The topological polar surface area (TPSA) is 72.2 Å². The van der Waals surface area contributed by atoms with Crippen molar-refractivity contribution in [2.75, 3.05) is 18.0 Å². The maximum Gasteiger partial charge on any atom is 0.405 e. The molecule has 0 radical (unpaired) electrons. The summed E-state index contributed by atoms with van der Waals surface area (Å²) >= 11 is 0. The molecule has 3 N–H and O–H groups in total. The molecular formula is C10H11F3N2O2S. The fraction of sp³-hybridized carbons (Fsp3) is 0.300. The number of anilines is 1. The monoisotopic (exact) mass is 280 g/mol. The van der Waals surface area contributed by atoms with Crippen LogP contribution in [0.3, 0.4) is 0 Å². The highest BCUT2D eigenvalue weighted by atomic mass is 32.2. The molecule has 100 valence electrons. The molecule has 1 rings (SSSR count). The van der Waals surface area contributed by atoms with Crippen molar-refractivity contribution in [3.05, 3.63) is 24.3 Å². The van der Waals surface area contributed by atoms with Gasteiger partial charge in [-0.05, 0) is 18.2 Å². The van der Waals surface area contributed by atoms with Gasteiger partial charge in [-0.1, -0.05) is 6.07 Å². The van der Waals surface area contributed by atoms with Crippen LogP contribution in [0.4, 0.5) is 18.9 Å². The average molecular weight is 280 g/mol. The number of nitrogens with two attached hydrogens (primary N) is 1. The minimum absolute atomic E-state index is 0.303. The number of amides is 1. The van der Waals surface area contributed by atoms with Crippen LogP contribution in [-0.2, 0) is 15.6 Å². The zero-order valence-electron chi connectivity index (χ0n) is 9.16. The van der Waals surface area contributed by atoms with Gasteiger partial charge in [-0.2, -0.15) is 13.2 Å². The van der Waals surface area contributed by atoms with E-state index in [0.717, 1.165) is 0 Å². The Hall–Kier alpha value is -1.57. The van der Waals surface area contributed by atoms with Gasteiger partial charge in [0.15, 0.2) is 0 Å². The molecule has 1 aromatic carbocycles. The number of carbonyl (C=O) groups excluding carboxylic acids is 1. The van der Waals surface area contributed by atoms with Crippen molar-refractivity contribution in [3.63, 3.8) is 0 Å². The summed E-state index contributed by atoms with van der Waals surface area (Å²) in [5, 5.41) is 1.65. The zero-order chi connectivity index (χ0) is 13.8. The van der Waals surface area contributed by atoms with Gasteiger partial charge in [0.25, 0.3) is 0 Å². The highest BCUT2D eigenvalue weighted by Gasteiger charge is 2.27. The van der Waals surface area contributed by atoms with Gasteiger partial charge in [-0.25, -0.2) is 0 Å². The number of hydrogen-bond donors (Lipinski definition) is 2. The molecule has 0 saturated carbocycles. The van der Waals surface area contributed by atoms with E-state index in [1.807, 2.05) is 0 Å². The molecule has 8 heteroatoms. The quantitative estimate of drug-likeness (QED) is 0.810. The molecule has 0 fully saturated rings. The summed E-state index contributed by atoms with van der Waals surface area (Å²) in [6.45, 7) is -1.43. The lowest BCUT2D eigenvalue weighted by molar-refractivity contribution is -0.136. The normalized spacial score (nSPS) is 13.1. The summed E-state index contributed by atoms with van der Waals surface area (Å²) in [7, 11) is -1.71. The lowest BCUT2D eigenvalue weighted by Gasteiger charge is -2.08. The molecule has 0 spiro atoms. The van der Waals surface area contributed by atoms with Gasteiger partial charge >= 0.3 is 6.18 Å². The second-order valence-electron chi connectivity index (χ2n) is 3.45. The first-order chi connectivity index (χ1) is 8.28. The molecule has 1 atom stereocenters. The van der Waals surface area contributed by atoms with E-state index in [9.17, 15) is 22.2 Å². The summed E-state index contributed by atoms with van der Waals surface area (Å²) in [4.78, 5) is 11.4. The van der Waals surface area contributed by atoms with Crippen LogP contribution in [0, 0.1) is 0 Å². The predicted octanol–water partition coefficient (Wildman–Crippen LogP) is 1.05. The summed E-state index contributed by atoms with van der Waals surface area (Å²) in [6, 6.07) is 6.03. The molecule has 4 nitrogen and oxygen atoms in total. The Balaban J connectivity index is 2.53. The second kappa shape index (κ2) is 5.85. The maximum atomic E-state index is 11.8. The molecule has 1 aromatic rings. The number of nitrogen functional groups attached to an aromatic ring is 1. The minimum atomic E-state index is -4.48. The molecule has 0 heterocycles. The lowest BCUT2D eigenvalue weighted by atomic mass is 10.3. The highest BCUT2D eigenvalue weighted by molar-refractivity contribution is 7.85. The molecule has 0 aliphatic carbocycles. The average Bonchev–Trinajstić information content (AvgIpc) is 2.25. The van der Waals surface area contributed by atoms with E-state index in [2.05, 4.69) is 0 Å². The van der Waals surface area contributed by atoms with Gasteiger partial charge in [0.1, 0.15) is 12.3 Å². The third-order valence-corrected chi connectivity index (χ3v) is 3.17. The lowest BCUT2D eigenvalue weighted by Crippen LogP contribution is -2.36. The van der Waals surface area contributed by atoms with E-state index in [4.69, 9.17) is 5.73 Å². The van der Waals surface area contributed by atoms with Crippen LogP contribution in [0.1, 0.15) is 0 Å². The van der Waals surface area contributed by atoms with Crippen LogP contribution in [0.5, 0.6) is 0 Å². The number of benzene rings is 1. The first-order valence-electron chi connectivity index (χ1n) is 4.85. The standard InChI is InChI=1S/C10H11F3N2O2S/c11-10(12,13)6-15-9(16)5-18(17)8-3-1-2-7(14)4-8/h1-4H,5-6,14H2,(H,15,16). The molecule has 1 unspecified atom stereocenters. The van der Waals surface area contributed by atoms with E-state index < -0.39 is 35.2 Å². The molecule has 0 aliphatic heterocycles. The van der Waals surface area contributed by atoms with Gasteiger partial charge in [0, 0.05) is 10.6 Å². The number of nitrogens with one attached hydrogen (secondary N) is 1. The third kappa shape index (κ3) is 5.17.